The van der Waals surface area contributed by atoms with Crippen molar-refractivity contribution in [1.82, 2.24) is 4.98 Å². The summed E-state index contributed by atoms with van der Waals surface area (Å²) in [6, 6.07) is 22.7. The SMILES string of the molecule is O=C(c1ccc(Br)cc1)C1C2C(=O)N(c3ccccc3)C(=O)C2C2C=Cc3ccc4cccnc4c3N21. The molecule has 0 aliphatic carbocycles. The summed E-state index contributed by atoms with van der Waals surface area (Å²) >= 11 is 3.43. The molecular formula is C30H20BrN3O3. The molecule has 2 fully saturated rings. The highest BCUT2D eigenvalue weighted by Gasteiger charge is 2.64. The Balaban J connectivity index is 1.44. The molecule has 3 aromatic carbocycles. The first-order chi connectivity index (χ1) is 18.0. The van der Waals surface area contributed by atoms with E-state index in [1.807, 2.05) is 59.5 Å². The van der Waals surface area contributed by atoms with E-state index in [1.54, 1.807) is 42.6 Å². The number of hydrogen-bond donors (Lipinski definition) is 0. The van der Waals surface area contributed by atoms with Gasteiger partial charge in [0.05, 0.1) is 34.8 Å². The molecule has 1 aromatic heterocycles. The van der Waals surface area contributed by atoms with E-state index in [-0.39, 0.29) is 17.6 Å². The van der Waals surface area contributed by atoms with E-state index in [0.717, 1.165) is 26.6 Å². The van der Waals surface area contributed by atoms with Crippen molar-refractivity contribution in [2.24, 2.45) is 11.8 Å². The van der Waals surface area contributed by atoms with Crippen LogP contribution in [0.15, 0.2) is 95.6 Å². The monoisotopic (exact) mass is 549 g/mol. The van der Waals surface area contributed by atoms with Crippen molar-refractivity contribution in [1.29, 1.82) is 0 Å². The highest BCUT2D eigenvalue weighted by molar-refractivity contribution is 9.10. The lowest BCUT2D eigenvalue weighted by atomic mass is 9.86. The zero-order valence-electron chi connectivity index (χ0n) is 19.5. The smallest absolute Gasteiger partial charge is 0.240 e. The van der Waals surface area contributed by atoms with Gasteiger partial charge in [0.25, 0.3) is 0 Å². The molecule has 4 aromatic rings. The fourth-order valence-corrected chi connectivity index (χ4v) is 6.36. The van der Waals surface area contributed by atoms with Crippen LogP contribution < -0.4 is 9.80 Å². The van der Waals surface area contributed by atoms with Crippen LogP contribution in [0.2, 0.25) is 0 Å². The molecular weight excluding hydrogens is 530 g/mol. The predicted molar refractivity (Wildman–Crippen MR) is 145 cm³/mol. The second-order valence-electron chi connectivity index (χ2n) is 9.55. The van der Waals surface area contributed by atoms with Gasteiger partial charge in [-0.2, -0.15) is 0 Å². The van der Waals surface area contributed by atoms with E-state index in [9.17, 15) is 14.4 Å². The quantitative estimate of drug-likeness (QED) is 0.257. The Bertz CT molecular complexity index is 1630. The van der Waals surface area contributed by atoms with Crippen LogP contribution in [-0.2, 0) is 9.59 Å². The largest absolute Gasteiger partial charge is 0.351 e. The summed E-state index contributed by atoms with van der Waals surface area (Å²) in [5.41, 5.74) is 3.48. The van der Waals surface area contributed by atoms with Crippen molar-refractivity contribution in [2.45, 2.75) is 12.1 Å². The molecule has 0 saturated carbocycles. The Morgan fingerprint density at radius 1 is 0.838 bits per heavy atom. The molecule has 7 heteroatoms. The molecule has 0 N–H and O–H groups in total. The summed E-state index contributed by atoms with van der Waals surface area (Å²) in [7, 11) is 0. The minimum Gasteiger partial charge on any atom is -0.351 e. The number of pyridine rings is 1. The average Bonchev–Trinajstić information content (AvgIpc) is 3.41. The number of aromatic nitrogens is 1. The Kier molecular flexibility index (Phi) is 4.91. The lowest BCUT2D eigenvalue weighted by Crippen LogP contribution is -2.49. The Labute approximate surface area is 221 Å². The Morgan fingerprint density at radius 3 is 2.38 bits per heavy atom. The molecule has 4 heterocycles. The van der Waals surface area contributed by atoms with E-state index >= 15 is 0 Å². The number of ketones is 1. The van der Waals surface area contributed by atoms with E-state index < -0.39 is 23.9 Å². The zero-order chi connectivity index (χ0) is 25.3. The van der Waals surface area contributed by atoms with Crippen LogP contribution in [-0.4, -0.2) is 34.7 Å². The van der Waals surface area contributed by atoms with Crippen molar-refractivity contribution in [3.63, 3.8) is 0 Å². The number of anilines is 2. The maximum Gasteiger partial charge on any atom is 0.240 e. The van der Waals surface area contributed by atoms with Gasteiger partial charge in [0.1, 0.15) is 6.04 Å². The lowest BCUT2D eigenvalue weighted by molar-refractivity contribution is -0.122. The number of halogens is 1. The van der Waals surface area contributed by atoms with E-state index in [2.05, 4.69) is 20.9 Å². The molecule has 180 valence electrons. The summed E-state index contributed by atoms with van der Waals surface area (Å²) in [5, 5.41) is 0.936. The number of para-hydroxylation sites is 1. The van der Waals surface area contributed by atoms with Crippen molar-refractivity contribution in [3.8, 4) is 0 Å². The van der Waals surface area contributed by atoms with Gasteiger partial charge in [0.2, 0.25) is 11.8 Å². The lowest BCUT2D eigenvalue weighted by Gasteiger charge is -2.37. The highest BCUT2D eigenvalue weighted by Crippen LogP contribution is 2.51. The minimum absolute atomic E-state index is 0.185. The summed E-state index contributed by atoms with van der Waals surface area (Å²) in [6.07, 6.45) is 5.67. The number of nitrogens with zero attached hydrogens (tertiary/aromatic N) is 3. The number of fused-ring (bicyclic) bond motifs is 7. The van der Waals surface area contributed by atoms with Gasteiger partial charge in [-0.15, -0.1) is 0 Å². The molecule has 0 radical (unpaired) electrons. The van der Waals surface area contributed by atoms with Gasteiger partial charge >= 0.3 is 0 Å². The van der Waals surface area contributed by atoms with Crippen LogP contribution in [0.3, 0.4) is 0 Å². The van der Waals surface area contributed by atoms with Gasteiger partial charge in [-0.25, -0.2) is 4.90 Å². The first-order valence-electron chi connectivity index (χ1n) is 12.1. The van der Waals surface area contributed by atoms with Crippen LogP contribution in [0.4, 0.5) is 11.4 Å². The number of Topliss-reactive ketones (excluding diaryl/α,β-unsaturated/α-hetero) is 1. The fourth-order valence-electron chi connectivity index (χ4n) is 6.10. The third-order valence-electron chi connectivity index (χ3n) is 7.65. The molecule has 0 bridgehead atoms. The normalized spacial score (nSPS) is 23.8. The first-order valence-corrected chi connectivity index (χ1v) is 12.9. The van der Waals surface area contributed by atoms with Crippen LogP contribution in [0.1, 0.15) is 15.9 Å². The van der Waals surface area contributed by atoms with Gasteiger partial charge in [0, 0.05) is 21.6 Å². The molecule has 0 spiro atoms. The van der Waals surface area contributed by atoms with Gasteiger partial charge in [-0.3, -0.25) is 19.4 Å². The van der Waals surface area contributed by atoms with Crippen molar-refractivity contribution in [2.75, 3.05) is 9.80 Å². The summed E-state index contributed by atoms with van der Waals surface area (Å²) in [5.74, 6) is -2.29. The van der Waals surface area contributed by atoms with Crippen LogP contribution >= 0.6 is 15.9 Å². The number of carbonyl (C=O) groups is 3. The molecule has 6 nitrogen and oxygen atoms in total. The molecule has 7 rings (SSSR count). The Morgan fingerprint density at radius 2 is 1.59 bits per heavy atom. The van der Waals surface area contributed by atoms with E-state index in [1.165, 1.54) is 4.90 Å². The standard InChI is InChI=1S/C30H20BrN3O3/c31-20-13-10-19(11-14-20)28(35)27-24-23(29(36)33(30(24)37)21-6-2-1-3-7-21)22-15-12-18-9-8-17-5-4-16-32-25(17)26(18)34(22)27/h1-16,22-24,27H. The maximum absolute atomic E-state index is 14.2. The number of rotatable bonds is 3. The highest BCUT2D eigenvalue weighted by atomic mass is 79.9. The molecule has 2 amide bonds. The predicted octanol–water partition coefficient (Wildman–Crippen LogP) is 5.27. The van der Waals surface area contributed by atoms with Crippen molar-refractivity contribution in [3.05, 3.63) is 107 Å². The summed E-state index contributed by atoms with van der Waals surface area (Å²) in [6.45, 7) is 0. The molecule has 2 saturated heterocycles. The number of hydrogen-bond acceptors (Lipinski definition) is 5. The van der Waals surface area contributed by atoms with Gasteiger partial charge in [0.15, 0.2) is 5.78 Å². The molecule has 37 heavy (non-hydrogen) atoms. The molecule has 3 aliphatic heterocycles. The van der Waals surface area contributed by atoms with Crippen LogP contribution in [0.5, 0.6) is 0 Å². The second kappa shape index (κ2) is 8.21. The number of imide groups is 1. The summed E-state index contributed by atoms with van der Waals surface area (Å²) in [4.78, 5) is 50.0. The van der Waals surface area contributed by atoms with Crippen molar-refractivity contribution >= 4 is 61.9 Å². The molecule has 4 atom stereocenters. The third-order valence-corrected chi connectivity index (χ3v) is 8.18. The average molecular weight is 550 g/mol. The minimum atomic E-state index is -0.849. The van der Waals surface area contributed by atoms with E-state index in [0.29, 0.717) is 11.3 Å². The number of benzene rings is 3. The van der Waals surface area contributed by atoms with Crippen molar-refractivity contribution < 1.29 is 14.4 Å². The summed E-state index contributed by atoms with van der Waals surface area (Å²) < 4.78 is 0.857. The van der Waals surface area contributed by atoms with E-state index in [4.69, 9.17) is 0 Å². The topological polar surface area (TPSA) is 70.6 Å². The molecule has 4 unspecified atom stereocenters. The first kappa shape index (κ1) is 22.1. The van der Waals surface area contributed by atoms with Gasteiger partial charge in [-0.1, -0.05) is 76.6 Å². The third kappa shape index (κ3) is 3.17. The number of amides is 2. The molecule has 3 aliphatic rings. The van der Waals surface area contributed by atoms with Crippen LogP contribution in [0, 0.1) is 11.8 Å². The van der Waals surface area contributed by atoms with Gasteiger partial charge < -0.3 is 4.90 Å². The van der Waals surface area contributed by atoms with Gasteiger partial charge in [-0.05, 0) is 35.9 Å². The second-order valence-corrected chi connectivity index (χ2v) is 10.5. The van der Waals surface area contributed by atoms with Crippen LogP contribution in [0.25, 0.3) is 17.0 Å². The maximum atomic E-state index is 14.2. The number of carbonyl (C=O) groups excluding carboxylic acids is 3. The zero-order valence-corrected chi connectivity index (χ0v) is 21.1. The Hall–Kier alpha value is -4.10. The fraction of sp³-hybridized carbons (Fsp3) is 0.133.